The summed E-state index contributed by atoms with van der Waals surface area (Å²) in [5.74, 6) is -4.60. The van der Waals surface area contributed by atoms with Crippen molar-refractivity contribution >= 4 is 17.9 Å². The summed E-state index contributed by atoms with van der Waals surface area (Å²) in [6.45, 7) is -0.251. The van der Waals surface area contributed by atoms with Crippen LogP contribution in [0.1, 0.15) is 36.6 Å². The van der Waals surface area contributed by atoms with Gasteiger partial charge in [-0.05, 0) is 55.0 Å². The van der Waals surface area contributed by atoms with Crippen molar-refractivity contribution in [1.29, 1.82) is 0 Å². The van der Waals surface area contributed by atoms with Gasteiger partial charge in [-0.15, -0.1) is 0 Å². The Morgan fingerprint density at radius 3 is 1.18 bits per heavy atom. The van der Waals surface area contributed by atoms with E-state index in [2.05, 4.69) is 0 Å². The number of hydrogen-bond acceptors (Lipinski definition) is 12. The molecule has 0 aliphatic rings. The van der Waals surface area contributed by atoms with Crippen molar-refractivity contribution in [1.82, 2.24) is 0 Å². The standard InChI is InChI=1S/C26H25NO11/c1-14-2-15(4-18(28)3-14)23(33)36-11-26(27,12-37-24(34)16-5-19(29)9-20(30)6-16)13-38-25(35)17-7-21(31)10-22(32)8-17/h2-10,28-32H,11-13,27H2,1H3. The first-order valence-electron chi connectivity index (χ1n) is 11.0. The Bertz CT molecular complexity index is 1150. The van der Waals surface area contributed by atoms with Crippen molar-refractivity contribution in [2.45, 2.75) is 12.5 Å². The lowest BCUT2D eigenvalue weighted by Gasteiger charge is -2.28. The average molecular weight is 527 g/mol. The normalized spacial score (nSPS) is 11.0. The smallest absolute Gasteiger partial charge is 0.338 e. The first kappa shape index (κ1) is 27.6. The minimum atomic E-state index is -1.79. The molecule has 38 heavy (non-hydrogen) atoms. The molecular weight excluding hydrogens is 502 g/mol. The number of aryl methyl sites for hydroxylation is 1. The van der Waals surface area contributed by atoms with Gasteiger partial charge in [-0.25, -0.2) is 14.4 Å². The molecule has 0 saturated carbocycles. The van der Waals surface area contributed by atoms with E-state index < -0.39 is 66.3 Å². The molecule has 0 atom stereocenters. The second-order valence-electron chi connectivity index (χ2n) is 8.62. The van der Waals surface area contributed by atoms with Crippen LogP contribution >= 0.6 is 0 Å². The molecule has 3 aromatic carbocycles. The van der Waals surface area contributed by atoms with Crippen molar-refractivity contribution in [2.75, 3.05) is 19.8 Å². The van der Waals surface area contributed by atoms with E-state index >= 15 is 0 Å². The summed E-state index contributed by atoms with van der Waals surface area (Å²) >= 11 is 0. The highest BCUT2D eigenvalue weighted by Crippen LogP contribution is 2.23. The Hall–Kier alpha value is -4.97. The van der Waals surface area contributed by atoms with Crippen LogP contribution in [0.25, 0.3) is 0 Å². The maximum absolute atomic E-state index is 12.5. The lowest BCUT2D eigenvalue weighted by molar-refractivity contribution is -0.00378. The summed E-state index contributed by atoms with van der Waals surface area (Å²) in [7, 11) is 0. The molecule has 0 unspecified atom stereocenters. The molecule has 0 fully saturated rings. The van der Waals surface area contributed by atoms with Crippen molar-refractivity contribution in [3.05, 3.63) is 76.9 Å². The molecule has 0 radical (unpaired) electrons. The maximum Gasteiger partial charge on any atom is 0.338 e. The average Bonchev–Trinajstić information content (AvgIpc) is 2.82. The summed E-state index contributed by atoms with van der Waals surface area (Å²) in [5, 5.41) is 48.1. The van der Waals surface area contributed by atoms with Crippen LogP contribution in [0.5, 0.6) is 28.7 Å². The van der Waals surface area contributed by atoms with Crippen LogP contribution in [-0.2, 0) is 14.2 Å². The zero-order valence-corrected chi connectivity index (χ0v) is 20.1. The second-order valence-corrected chi connectivity index (χ2v) is 8.62. The van der Waals surface area contributed by atoms with Crippen LogP contribution < -0.4 is 5.73 Å². The Kier molecular flexibility index (Phi) is 8.28. The SMILES string of the molecule is Cc1cc(O)cc(C(=O)OCC(N)(COC(=O)c2cc(O)cc(O)c2)COC(=O)c2cc(O)cc(O)c2)c1. The molecular formula is C26H25NO11. The van der Waals surface area contributed by atoms with Crippen LogP contribution in [0.2, 0.25) is 0 Å². The number of carbonyl (C=O) groups excluding carboxylic acids is 3. The fourth-order valence-corrected chi connectivity index (χ4v) is 3.31. The van der Waals surface area contributed by atoms with Gasteiger partial charge in [0.05, 0.1) is 16.7 Å². The van der Waals surface area contributed by atoms with Crippen molar-refractivity contribution in [3.63, 3.8) is 0 Å². The number of aromatic hydroxyl groups is 5. The molecule has 0 aliphatic carbocycles. The van der Waals surface area contributed by atoms with E-state index in [0.29, 0.717) is 5.56 Å². The molecule has 0 saturated heterocycles. The molecule has 7 N–H and O–H groups in total. The van der Waals surface area contributed by atoms with Gasteiger partial charge < -0.3 is 45.5 Å². The maximum atomic E-state index is 12.5. The predicted molar refractivity (Wildman–Crippen MR) is 130 cm³/mol. The highest BCUT2D eigenvalue weighted by molar-refractivity contribution is 5.91. The number of hydrogen-bond donors (Lipinski definition) is 6. The highest BCUT2D eigenvalue weighted by Gasteiger charge is 2.32. The van der Waals surface area contributed by atoms with Crippen molar-refractivity contribution in [2.24, 2.45) is 5.73 Å². The fraction of sp³-hybridized carbons (Fsp3) is 0.192. The van der Waals surface area contributed by atoms with E-state index in [1.807, 2.05) is 0 Å². The van der Waals surface area contributed by atoms with Gasteiger partial charge in [-0.3, -0.25) is 0 Å². The van der Waals surface area contributed by atoms with Crippen LogP contribution in [0, 0.1) is 6.92 Å². The van der Waals surface area contributed by atoms with E-state index in [-0.39, 0.29) is 22.4 Å². The third-order valence-electron chi connectivity index (χ3n) is 5.05. The number of esters is 3. The van der Waals surface area contributed by atoms with E-state index in [0.717, 1.165) is 36.4 Å². The number of benzene rings is 3. The minimum Gasteiger partial charge on any atom is -0.508 e. The molecule has 3 rings (SSSR count). The molecule has 0 heterocycles. The van der Waals surface area contributed by atoms with Crippen LogP contribution in [0.4, 0.5) is 0 Å². The molecule has 0 amide bonds. The molecule has 200 valence electrons. The van der Waals surface area contributed by atoms with Crippen molar-refractivity contribution < 1.29 is 54.1 Å². The van der Waals surface area contributed by atoms with Crippen LogP contribution in [0.3, 0.4) is 0 Å². The first-order valence-corrected chi connectivity index (χ1v) is 11.0. The number of nitrogens with two attached hydrogens (primary N) is 1. The van der Waals surface area contributed by atoms with Crippen LogP contribution in [0.15, 0.2) is 54.6 Å². The Labute approximate surface area is 216 Å². The van der Waals surface area contributed by atoms with Gasteiger partial charge in [0.1, 0.15) is 54.1 Å². The van der Waals surface area contributed by atoms with Gasteiger partial charge in [-0.1, -0.05) is 0 Å². The molecule has 12 heteroatoms. The lowest BCUT2D eigenvalue weighted by atomic mass is 10.0. The summed E-state index contributed by atoms with van der Waals surface area (Å²) in [4.78, 5) is 37.5. The van der Waals surface area contributed by atoms with E-state index in [1.54, 1.807) is 6.92 Å². The lowest BCUT2D eigenvalue weighted by Crippen LogP contribution is -2.54. The third kappa shape index (κ3) is 7.51. The molecule has 0 aliphatic heterocycles. The van der Waals surface area contributed by atoms with Gasteiger partial charge in [-0.2, -0.15) is 0 Å². The van der Waals surface area contributed by atoms with Crippen molar-refractivity contribution in [3.8, 4) is 28.7 Å². The predicted octanol–water partition coefficient (Wildman–Crippen LogP) is 2.09. The summed E-state index contributed by atoms with van der Waals surface area (Å²) in [6.07, 6.45) is 0. The third-order valence-corrected chi connectivity index (χ3v) is 5.05. The van der Waals surface area contributed by atoms with Gasteiger partial charge in [0.25, 0.3) is 0 Å². The number of phenols is 5. The number of carbonyl (C=O) groups is 3. The molecule has 0 aromatic heterocycles. The Morgan fingerprint density at radius 1 is 0.579 bits per heavy atom. The largest absolute Gasteiger partial charge is 0.508 e. The number of phenolic OH excluding ortho intramolecular Hbond substituents is 5. The second kappa shape index (κ2) is 11.4. The van der Waals surface area contributed by atoms with E-state index in [4.69, 9.17) is 19.9 Å². The molecule has 0 bridgehead atoms. The monoisotopic (exact) mass is 527 g/mol. The molecule has 0 spiro atoms. The fourth-order valence-electron chi connectivity index (χ4n) is 3.31. The van der Waals surface area contributed by atoms with Gasteiger partial charge in [0, 0.05) is 12.1 Å². The van der Waals surface area contributed by atoms with Gasteiger partial charge in [0.2, 0.25) is 0 Å². The van der Waals surface area contributed by atoms with E-state index in [9.17, 15) is 39.9 Å². The number of rotatable bonds is 9. The first-order chi connectivity index (χ1) is 17.8. The number of ether oxygens (including phenoxy) is 3. The zero-order valence-electron chi connectivity index (χ0n) is 20.1. The summed E-state index contributed by atoms with van der Waals surface area (Å²) in [5.41, 5.74) is 4.69. The molecule has 12 nitrogen and oxygen atoms in total. The minimum absolute atomic E-state index is 0.0179. The zero-order chi connectivity index (χ0) is 28.0. The quantitative estimate of drug-likeness (QED) is 0.175. The van der Waals surface area contributed by atoms with Gasteiger partial charge in [0.15, 0.2) is 0 Å². The van der Waals surface area contributed by atoms with Gasteiger partial charge >= 0.3 is 17.9 Å². The summed E-state index contributed by atoms with van der Waals surface area (Å²) in [6, 6.07) is 10.2. The molecule has 3 aromatic rings. The highest BCUT2D eigenvalue weighted by atomic mass is 16.6. The Balaban J connectivity index is 1.75. The summed E-state index contributed by atoms with van der Waals surface area (Å²) < 4.78 is 15.6. The van der Waals surface area contributed by atoms with Crippen LogP contribution in [-0.4, -0.2) is 68.8 Å². The topological polar surface area (TPSA) is 206 Å². The van der Waals surface area contributed by atoms with E-state index in [1.165, 1.54) is 18.2 Å². The Morgan fingerprint density at radius 2 is 0.868 bits per heavy atom.